The minimum absolute atomic E-state index is 0.768. The molecule has 0 spiro atoms. The number of hydrogen-bond donors (Lipinski definition) is 1. The molecule has 0 aliphatic carbocycles. The molecule has 1 aromatic heterocycles. The first-order chi connectivity index (χ1) is 12.0. The van der Waals surface area contributed by atoms with E-state index in [-0.39, 0.29) is 0 Å². The fourth-order valence-electron chi connectivity index (χ4n) is 2.52. The second kappa shape index (κ2) is 9.42. The molecule has 0 radical (unpaired) electrons. The molecule has 1 heterocycles. The summed E-state index contributed by atoms with van der Waals surface area (Å²) in [5, 5.41) is 6.58. The molecule has 6 heteroatoms. The van der Waals surface area contributed by atoms with Crippen molar-refractivity contribution in [2.75, 3.05) is 39.1 Å². The first-order valence-corrected chi connectivity index (χ1v) is 9.54. The number of aromatic nitrogens is 1. The van der Waals surface area contributed by atoms with E-state index >= 15 is 0 Å². The molecule has 0 aliphatic heterocycles. The van der Waals surface area contributed by atoms with Gasteiger partial charge in [0.05, 0.1) is 17.2 Å². The van der Waals surface area contributed by atoms with Crippen molar-refractivity contribution < 1.29 is 0 Å². The van der Waals surface area contributed by atoms with Gasteiger partial charge in [-0.1, -0.05) is 12.1 Å². The van der Waals surface area contributed by atoms with Crippen molar-refractivity contribution in [1.82, 2.24) is 15.2 Å². The average molecular weight is 360 g/mol. The van der Waals surface area contributed by atoms with E-state index in [0.29, 0.717) is 0 Å². The smallest absolute Gasteiger partial charge is 0.194 e. The van der Waals surface area contributed by atoms with E-state index in [1.165, 1.54) is 11.3 Å². The Morgan fingerprint density at radius 3 is 2.48 bits per heavy atom. The van der Waals surface area contributed by atoms with Gasteiger partial charge >= 0.3 is 0 Å². The van der Waals surface area contributed by atoms with Crippen LogP contribution in [-0.4, -0.2) is 50.1 Å². The molecule has 0 fully saturated rings. The van der Waals surface area contributed by atoms with Crippen molar-refractivity contribution in [3.63, 3.8) is 0 Å². The van der Waals surface area contributed by atoms with Crippen LogP contribution in [0.1, 0.15) is 23.2 Å². The summed E-state index contributed by atoms with van der Waals surface area (Å²) in [7, 11) is 6.17. The van der Waals surface area contributed by atoms with Gasteiger partial charge in [0, 0.05) is 45.3 Å². The third-order valence-electron chi connectivity index (χ3n) is 3.88. The number of aryl methyl sites for hydroxylation is 1. The maximum absolute atomic E-state index is 4.77. The van der Waals surface area contributed by atoms with Gasteiger partial charge in [-0.05, 0) is 38.0 Å². The van der Waals surface area contributed by atoms with Crippen LogP contribution in [0.3, 0.4) is 0 Å². The van der Waals surface area contributed by atoms with E-state index in [2.05, 4.69) is 77.8 Å². The Bertz CT molecular complexity index is 675. The zero-order valence-corrected chi connectivity index (χ0v) is 16.7. The number of anilines is 1. The highest BCUT2D eigenvalue weighted by Gasteiger charge is 2.08. The fraction of sp³-hybridized carbons (Fsp3) is 0.474. The number of hydrogen-bond acceptors (Lipinski definition) is 4. The van der Waals surface area contributed by atoms with Gasteiger partial charge in [-0.25, -0.2) is 4.98 Å². The maximum Gasteiger partial charge on any atom is 0.194 e. The fourth-order valence-corrected chi connectivity index (χ4v) is 3.12. The molecular formula is C19H29N5S. The maximum atomic E-state index is 4.77. The molecule has 0 saturated heterocycles. The lowest BCUT2D eigenvalue weighted by Gasteiger charge is -2.21. The minimum atomic E-state index is 0.768. The second-order valence-electron chi connectivity index (χ2n) is 6.26. The van der Waals surface area contributed by atoms with Crippen molar-refractivity contribution in [1.29, 1.82) is 0 Å². The highest BCUT2D eigenvalue weighted by atomic mass is 32.1. The molecule has 1 N–H and O–H groups in total. The topological polar surface area (TPSA) is 43.8 Å². The predicted octanol–water partition coefficient (Wildman–Crippen LogP) is 3.16. The Hall–Kier alpha value is -2.08. The number of thiazole rings is 1. The summed E-state index contributed by atoms with van der Waals surface area (Å²) in [6, 6.07) is 8.67. The Balaban J connectivity index is 1.93. The zero-order chi connectivity index (χ0) is 18.2. The lowest BCUT2D eigenvalue weighted by atomic mass is 10.1. The summed E-state index contributed by atoms with van der Waals surface area (Å²) in [6.45, 7) is 6.53. The SMILES string of the molecule is CCNC(=NCCc1ccc(N(C)C)cc1)N(C)Cc1csc(C)n1. The van der Waals surface area contributed by atoms with Gasteiger partial charge in [0.2, 0.25) is 0 Å². The van der Waals surface area contributed by atoms with E-state index in [9.17, 15) is 0 Å². The van der Waals surface area contributed by atoms with E-state index in [0.717, 1.165) is 42.7 Å². The van der Waals surface area contributed by atoms with E-state index in [4.69, 9.17) is 4.99 Å². The number of benzene rings is 1. The highest BCUT2D eigenvalue weighted by Crippen LogP contribution is 2.13. The molecule has 0 bridgehead atoms. The summed E-state index contributed by atoms with van der Waals surface area (Å²) >= 11 is 1.69. The van der Waals surface area contributed by atoms with Crippen LogP contribution in [0.2, 0.25) is 0 Å². The van der Waals surface area contributed by atoms with Gasteiger partial charge in [0.1, 0.15) is 0 Å². The molecule has 25 heavy (non-hydrogen) atoms. The molecule has 0 amide bonds. The van der Waals surface area contributed by atoms with E-state index in [1.54, 1.807) is 11.3 Å². The Labute approximate surface area is 155 Å². The summed E-state index contributed by atoms with van der Waals surface area (Å²) in [5.74, 6) is 0.929. The first-order valence-electron chi connectivity index (χ1n) is 8.66. The normalized spacial score (nSPS) is 11.5. The van der Waals surface area contributed by atoms with Crippen molar-refractivity contribution in [3.8, 4) is 0 Å². The van der Waals surface area contributed by atoms with Crippen molar-refractivity contribution in [2.45, 2.75) is 26.8 Å². The van der Waals surface area contributed by atoms with Crippen LogP contribution in [0.5, 0.6) is 0 Å². The molecule has 136 valence electrons. The summed E-state index contributed by atoms with van der Waals surface area (Å²) in [6.07, 6.45) is 0.937. The third kappa shape index (κ3) is 6.05. The number of rotatable bonds is 7. The van der Waals surface area contributed by atoms with Gasteiger partial charge in [0.15, 0.2) is 5.96 Å². The number of nitrogens with zero attached hydrogens (tertiary/aromatic N) is 4. The third-order valence-corrected chi connectivity index (χ3v) is 4.70. The van der Waals surface area contributed by atoms with Crippen LogP contribution in [0.15, 0.2) is 34.6 Å². The Kier molecular flexibility index (Phi) is 7.25. The van der Waals surface area contributed by atoms with E-state index in [1.807, 2.05) is 6.92 Å². The Morgan fingerprint density at radius 2 is 1.92 bits per heavy atom. The Morgan fingerprint density at radius 1 is 1.20 bits per heavy atom. The number of guanidine groups is 1. The number of aliphatic imine (C=N–C) groups is 1. The van der Waals surface area contributed by atoms with Gasteiger partial charge in [-0.2, -0.15) is 0 Å². The summed E-state index contributed by atoms with van der Waals surface area (Å²) < 4.78 is 0. The van der Waals surface area contributed by atoms with Crippen LogP contribution in [0.25, 0.3) is 0 Å². The predicted molar refractivity (Wildman–Crippen MR) is 109 cm³/mol. The second-order valence-corrected chi connectivity index (χ2v) is 7.32. The van der Waals surface area contributed by atoms with Gasteiger partial charge in [0.25, 0.3) is 0 Å². The summed E-state index contributed by atoms with van der Waals surface area (Å²) in [4.78, 5) is 13.5. The van der Waals surface area contributed by atoms with Crippen LogP contribution in [-0.2, 0) is 13.0 Å². The molecule has 2 aromatic rings. The quantitative estimate of drug-likeness (QED) is 0.609. The van der Waals surface area contributed by atoms with Crippen LogP contribution < -0.4 is 10.2 Å². The molecule has 0 atom stereocenters. The van der Waals surface area contributed by atoms with Crippen molar-refractivity contribution >= 4 is 23.0 Å². The minimum Gasteiger partial charge on any atom is -0.378 e. The van der Waals surface area contributed by atoms with Gasteiger partial charge < -0.3 is 15.1 Å². The van der Waals surface area contributed by atoms with Crippen LogP contribution in [0.4, 0.5) is 5.69 Å². The summed E-state index contributed by atoms with van der Waals surface area (Å²) in [5.41, 5.74) is 3.62. The molecule has 0 aliphatic rings. The lowest BCUT2D eigenvalue weighted by molar-refractivity contribution is 0.471. The molecule has 0 unspecified atom stereocenters. The molecular weight excluding hydrogens is 330 g/mol. The first kappa shape index (κ1) is 19.2. The largest absolute Gasteiger partial charge is 0.378 e. The molecule has 2 rings (SSSR count). The van der Waals surface area contributed by atoms with Gasteiger partial charge in [-0.15, -0.1) is 11.3 Å². The van der Waals surface area contributed by atoms with Crippen molar-refractivity contribution in [3.05, 3.63) is 45.9 Å². The molecule has 5 nitrogen and oxygen atoms in total. The molecule has 0 saturated carbocycles. The number of nitrogens with one attached hydrogen (secondary N) is 1. The average Bonchev–Trinajstić information content (AvgIpc) is 2.99. The lowest BCUT2D eigenvalue weighted by Crippen LogP contribution is -2.38. The van der Waals surface area contributed by atoms with E-state index < -0.39 is 0 Å². The van der Waals surface area contributed by atoms with Crippen molar-refractivity contribution in [2.24, 2.45) is 4.99 Å². The monoisotopic (exact) mass is 359 g/mol. The van der Waals surface area contributed by atoms with Crippen LogP contribution >= 0.6 is 11.3 Å². The van der Waals surface area contributed by atoms with Gasteiger partial charge in [-0.3, -0.25) is 4.99 Å². The molecule has 1 aromatic carbocycles. The zero-order valence-electron chi connectivity index (χ0n) is 15.9. The standard InChI is InChI=1S/C19H29N5S/c1-6-20-19(24(5)13-17-14-25-15(2)22-17)21-12-11-16-7-9-18(10-8-16)23(3)4/h7-10,14H,6,11-13H2,1-5H3,(H,20,21). The highest BCUT2D eigenvalue weighted by molar-refractivity contribution is 7.09. The van der Waals surface area contributed by atoms with Crippen LogP contribution in [0, 0.1) is 6.92 Å².